The fourth-order valence-corrected chi connectivity index (χ4v) is 3.13. The molecular formula is C12H15N3S. The summed E-state index contributed by atoms with van der Waals surface area (Å²) < 4.78 is 0. The van der Waals surface area contributed by atoms with Crippen LogP contribution in [0, 0.1) is 5.92 Å². The lowest BCUT2D eigenvalue weighted by Crippen LogP contribution is -2.37. The molecule has 1 aliphatic rings. The minimum Gasteiger partial charge on any atom is -0.360 e. The first kappa shape index (κ1) is 10.1. The molecule has 0 aromatic carbocycles. The maximum Gasteiger partial charge on any atom is 0.0976 e. The molecule has 16 heavy (non-hydrogen) atoms. The van der Waals surface area contributed by atoms with Gasteiger partial charge in [0.15, 0.2) is 0 Å². The molecule has 0 aliphatic heterocycles. The van der Waals surface area contributed by atoms with Crippen molar-refractivity contribution in [3.8, 4) is 11.4 Å². The lowest BCUT2D eigenvalue weighted by molar-refractivity contribution is 0.264. The molecule has 2 aromatic heterocycles. The molecule has 3 rings (SSSR count). The van der Waals surface area contributed by atoms with E-state index in [0.29, 0.717) is 6.04 Å². The number of aromatic amines is 1. The molecular weight excluding hydrogens is 218 g/mol. The van der Waals surface area contributed by atoms with E-state index in [-0.39, 0.29) is 0 Å². The van der Waals surface area contributed by atoms with Crippen LogP contribution in [0.5, 0.6) is 0 Å². The van der Waals surface area contributed by atoms with E-state index >= 15 is 0 Å². The van der Waals surface area contributed by atoms with Crippen LogP contribution in [-0.4, -0.2) is 16.0 Å². The summed E-state index contributed by atoms with van der Waals surface area (Å²) in [6.07, 6.45) is 5.35. The fraction of sp³-hybridized carbons (Fsp3) is 0.417. The number of hydrogen-bond acceptors (Lipinski definition) is 3. The van der Waals surface area contributed by atoms with Crippen LogP contribution < -0.4 is 5.73 Å². The number of nitrogens with zero attached hydrogens (tertiary/aromatic N) is 1. The monoisotopic (exact) mass is 233 g/mol. The van der Waals surface area contributed by atoms with E-state index in [4.69, 9.17) is 5.73 Å². The van der Waals surface area contributed by atoms with Gasteiger partial charge in [-0.3, -0.25) is 0 Å². The normalized spacial score (nSPS) is 24.3. The Kier molecular flexibility index (Phi) is 2.53. The molecule has 4 heteroatoms. The van der Waals surface area contributed by atoms with Crippen molar-refractivity contribution in [1.82, 2.24) is 9.97 Å². The molecule has 2 aromatic rings. The lowest BCUT2D eigenvalue weighted by atomic mass is 9.79. The largest absolute Gasteiger partial charge is 0.360 e. The Hall–Kier alpha value is -1.13. The maximum atomic E-state index is 5.78. The molecule has 1 aliphatic carbocycles. The summed E-state index contributed by atoms with van der Waals surface area (Å²) in [7, 11) is 0. The van der Waals surface area contributed by atoms with Gasteiger partial charge in [0.25, 0.3) is 0 Å². The summed E-state index contributed by atoms with van der Waals surface area (Å²) in [5.74, 6) is 0.762. The Labute approximate surface area is 98.7 Å². The molecule has 0 spiro atoms. The van der Waals surface area contributed by atoms with Crippen molar-refractivity contribution in [2.75, 3.05) is 0 Å². The van der Waals surface area contributed by atoms with Crippen molar-refractivity contribution >= 4 is 11.3 Å². The van der Waals surface area contributed by atoms with Gasteiger partial charge >= 0.3 is 0 Å². The molecule has 3 N–H and O–H groups in total. The molecule has 1 fully saturated rings. The fourth-order valence-electron chi connectivity index (χ4n) is 2.22. The third-order valence-corrected chi connectivity index (χ3v) is 4.03. The van der Waals surface area contributed by atoms with Gasteiger partial charge in [0.05, 0.1) is 16.4 Å². The van der Waals surface area contributed by atoms with Crippen LogP contribution in [0.15, 0.2) is 23.7 Å². The van der Waals surface area contributed by atoms with Gasteiger partial charge in [0.1, 0.15) is 0 Å². The second-order valence-corrected chi connectivity index (χ2v) is 5.45. The standard InChI is InChI=1S/C12H15N3S/c13-9-4-8(5-9)6-12-15-11(7-16-12)10-2-1-3-14-10/h1-3,7-9,14H,4-6,13H2. The Balaban J connectivity index is 1.69. The Morgan fingerprint density at radius 2 is 2.38 bits per heavy atom. The van der Waals surface area contributed by atoms with Gasteiger partial charge in [-0.15, -0.1) is 11.3 Å². The average molecular weight is 233 g/mol. The van der Waals surface area contributed by atoms with E-state index < -0.39 is 0 Å². The highest BCUT2D eigenvalue weighted by Gasteiger charge is 2.26. The highest BCUT2D eigenvalue weighted by Crippen LogP contribution is 2.31. The summed E-state index contributed by atoms with van der Waals surface area (Å²) in [6.45, 7) is 0. The molecule has 3 nitrogen and oxygen atoms in total. The smallest absolute Gasteiger partial charge is 0.0976 e. The van der Waals surface area contributed by atoms with Crippen LogP contribution in [0.4, 0.5) is 0 Å². The first-order valence-corrected chi connectivity index (χ1v) is 6.53. The number of nitrogens with one attached hydrogen (secondary N) is 1. The Morgan fingerprint density at radius 3 is 3.06 bits per heavy atom. The third kappa shape index (κ3) is 1.90. The van der Waals surface area contributed by atoms with Crippen molar-refractivity contribution in [1.29, 1.82) is 0 Å². The van der Waals surface area contributed by atoms with Crippen LogP contribution in [0.2, 0.25) is 0 Å². The van der Waals surface area contributed by atoms with Crippen LogP contribution >= 0.6 is 11.3 Å². The van der Waals surface area contributed by atoms with E-state index in [1.165, 1.54) is 5.01 Å². The highest BCUT2D eigenvalue weighted by molar-refractivity contribution is 7.09. The number of H-pyrrole nitrogens is 1. The first-order chi connectivity index (χ1) is 7.81. The van der Waals surface area contributed by atoms with Gasteiger partial charge in [-0.05, 0) is 30.9 Å². The second kappa shape index (κ2) is 4.03. The molecule has 1 saturated carbocycles. The van der Waals surface area contributed by atoms with Gasteiger partial charge in [0.2, 0.25) is 0 Å². The summed E-state index contributed by atoms with van der Waals surface area (Å²) in [4.78, 5) is 7.83. The van der Waals surface area contributed by atoms with E-state index in [0.717, 1.165) is 36.6 Å². The number of hydrogen-bond donors (Lipinski definition) is 2. The van der Waals surface area contributed by atoms with Crippen molar-refractivity contribution in [2.45, 2.75) is 25.3 Å². The summed E-state index contributed by atoms with van der Waals surface area (Å²) in [5.41, 5.74) is 7.95. The average Bonchev–Trinajstić information content (AvgIpc) is 2.84. The number of aromatic nitrogens is 2. The van der Waals surface area contributed by atoms with Gasteiger partial charge < -0.3 is 10.7 Å². The second-order valence-electron chi connectivity index (χ2n) is 4.51. The molecule has 0 unspecified atom stereocenters. The zero-order valence-electron chi connectivity index (χ0n) is 9.02. The van der Waals surface area contributed by atoms with E-state index in [1.54, 1.807) is 11.3 Å². The Bertz CT molecular complexity index is 454. The van der Waals surface area contributed by atoms with Crippen molar-refractivity contribution in [3.63, 3.8) is 0 Å². The third-order valence-electron chi connectivity index (χ3n) is 3.16. The van der Waals surface area contributed by atoms with Gasteiger partial charge in [-0.25, -0.2) is 4.98 Å². The molecule has 0 amide bonds. The minimum atomic E-state index is 0.438. The van der Waals surface area contributed by atoms with E-state index in [2.05, 4.69) is 21.4 Å². The van der Waals surface area contributed by atoms with Crippen molar-refractivity contribution in [3.05, 3.63) is 28.7 Å². The van der Waals surface area contributed by atoms with Gasteiger partial charge in [-0.1, -0.05) is 0 Å². The SMILES string of the molecule is NC1CC(Cc2nc(-c3ccc[nH]3)cs2)C1. The first-order valence-electron chi connectivity index (χ1n) is 5.65. The minimum absolute atomic E-state index is 0.438. The Morgan fingerprint density at radius 1 is 1.50 bits per heavy atom. The van der Waals surface area contributed by atoms with Crippen molar-refractivity contribution < 1.29 is 0 Å². The van der Waals surface area contributed by atoms with Crippen LogP contribution in [0.25, 0.3) is 11.4 Å². The molecule has 0 saturated heterocycles. The van der Waals surface area contributed by atoms with Crippen molar-refractivity contribution in [2.24, 2.45) is 11.7 Å². The van der Waals surface area contributed by atoms with Gasteiger partial charge in [-0.2, -0.15) is 0 Å². The predicted molar refractivity (Wildman–Crippen MR) is 66.3 cm³/mol. The summed E-state index contributed by atoms with van der Waals surface area (Å²) >= 11 is 1.75. The quantitative estimate of drug-likeness (QED) is 0.855. The maximum absolute atomic E-state index is 5.78. The molecule has 0 bridgehead atoms. The molecule has 0 radical (unpaired) electrons. The number of rotatable bonds is 3. The summed E-state index contributed by atoms with van der Waals surface area (Å²) in [6, 6.07) is 4.49. The van der Waals surface area contributed by atoms with E-state index in [9.17, 15) is 0 Å². The molecule has 84 valence electrons. The number of thiazole rings is 1. The number of nitrogens with two attached hydrogens (primary N) is 1. The molecule has 2 heterocycles. The van der Waals surface area contributed by atoms with Crippen LogP contribution in [0.1, 0.15) is 17.8 Å². The lowest BCUT2D eigenvalue weighted by Gasteiger charge is -2.31. The highest BCUT2D eigenvalue weighted by atomic mass is 32.1. The zero-order valence-corrected chi connectivity index (χ0v) is 9.83. The van der Waals surface area contributed by atoms with Crippen LogP contribution in [-0.2, 0) is 6.42 Å². The van der Waals surface area contributed by atoms with Crippen LogP contribution in [0.3, 0.4) is 0 Å². The summed E-state index contributed by atoms with van der Waals surface area (Å²) in [5, 5.41) is 3.36. The van der Waals surface area contributed by atoms with E-state index in [1.807, 2.05) is 12.3 Å². The zero-order chi connectivity index (χ0) is 11.0. The van der Waals surface area contributed by atoms with Gasteiger partial charge in [0, 0.05) is 24.0 Å². The molecule has 0 atom stereocenters. The topological polar surface area (TPSA) is 54.7 Å². The predicted octanol–water partition coefficient (Wildman–Crippen LogP) is 2.42.